The van der Waals surface area contributed by atoms with Crippen molar-refractivity contribution in [3.05, 3.63) is 65.2 Å². The van der Waals surface area contributed by atoms with Gasteiger partial charge in [0.1, 0.15) is 5.75 Å². The molecule has 116 valence electrons. The summed E-state index contributed by atoms with van der Waals surface area (Å²) in [5.74, 6) is 0.994. The third kappa shape index (κ3) is 4.62. The summed E-state index contributed by atoms with van der Waals surface area (Å²) in [6, 6.07) is 16.2. The van der Waals surface area contributed by atoms with E-state index in [9.17, 15) is 4.79 Å². The number of hydrogen-bond donors (Lipinski definition) is 0. The average Bonchev–Trinajstić information content (AvgIpc) is 2.54. The van der Waals surface area contributed by atoms with Crippen LogP contribution in [-0.2, 0) is 17.8 Å². The lowest BCUT2D eigenvalue weighted by atomic mass is 10.1. The van der Waals surface area contributed by atoms with E-state index in [1.165, 1.54) is 11.1 Å². The lowest BCUT2D eigenvalue weighted by Crippen LogP contribution is -2.26. The first-order valence-electron chi connectivity index (χ1n) is 7.51. The van der Waals surface area contributed by atoms with Crippen molar-refractivity contribution in [1.82, 2.24) is 4.90 Å². The zero-order valence-electron chi connectivity index (χ0n) is 13.5. The quantitative estimate of drug-likeness (QED) is 0.815. The van der Waals surface area contributed by atoms with Gasteiger partial charge in [0, 0.05) is 20.0 Å². The highest BCUT2D eigenvalue weighted by atomic mass is 16.5. The van der Waals surface area contributed by atoms with Crippen LogP contribution < -0.4 is 4.74 Å². The zero-order valence-corrected chi connectivity index (χ0v) is 13.5. The first-order valence-corrected chi connectivity index (χ1v) is 7.51. The maximum atomic E-state index is 12.2. The second kappa shape index (κ2) is 7.64. The summed E-state index contributed by atoms with van der Waals surface area (Å²) in [4.78, 5) is 14.0. The van der Waals surface area contributed by atoms with E-state index in [0.717, 1.165) is 17.7 Å². The summed E-state index contributed by atoms with van der Waals surface area (Å²) < 4.78 is 5.14. The molecule has 1 amide bonds. The van der Waals surface area contributed by atoms with E-state index < -0.39 is 0 Å². The number of benzene rings is 2. The molecule has 2 aromatic carbocycles. The Morgan fingerprint density at radius 2 is 1.59 bits per heavy atom. The molecule has 2 rings (SSSR count). The number of carbonyl (C=O) groups is 1. The zero-order chi connectivity index (χ0) is 15.9. The Morgan fingerprint density at radius 3 is 2.18 bits per heavy atom. The van der Waals surface area contributed by atoms with Crippen LogP contribution in [0.2, 0.25) is 0 Å². The normalized spacial score (nSPS) is 10.3. The highest BCUT2D eigenvalue weighted by Crippen LogP contribution is 2.13. The molecule has 22 heavy (non-hydrogen) atoms. The van der Waals surface area contributed by atoms with Crippen molar-refractivity contribution in [1.29, 1.82) is 0 Å². The van der Waals surface area contributed by atoms with Crippen molar-refractivity contribution >= 4 is 5.91 Å². The molecule has 0 aliphatic rings. The highest BCUT2D eigenvalue weighted by Gasteiger charge is 2.09. The van der Waals surface area contributed by atoms with Crippen molar-refractivity contribution in [2.45, 2.75) is 26.3 Å². The molecule has 3 nitrogen and oxygen atoms in total. The summed E-state index contributed by atoms with van der Waals surface area (Å²) in [6.07, 6.45) is 1.32. The lowest BCUT2D eigenvalue weighted by molar-refractivity contribution is -0.130. The molecule has 2 aromatic rings. The SMILES string of the molecule is COc1ccc(CN(C)C(=O)CCc2ccc(C)cc2)cc1. The molecule has 0 N–H and O–H groups in total. The standard InChI is InChI=1S/C19H23NO2/c1-15-4-6-16(7-5-15)10-13-19(21)20(2)14-17-8-11-18(22-3)12-9-17/h4-9,11-12H,10,13-14H2,1-3H3. The van der Waals surface area contributed by atoms with Gasteiger partial charge in [0.05, 0.1) is 7.11 Å². The third-order valence-corrected chi connectivity index (χ3v) is 3.75. The Morgan fingerprint density at radius 1 is 1.00 bits per heavy atom. The van der Waals surface area contributed by atoms with Crippen LogP contribution in [0.1, 0.15) is 23.1 Å². The van der Waals surface area contributed by atoms with Gasteiger partial charge in [0.2, 0.25) is 5.91 Å². The minimum absolute atomic E-state index is 0.163. The number of nitrogens with zero attached hydrogens (tertiary/aromatic N) is 1. The number of methoxy groups -OCH3 is 1. The predicted octanol–water partition coefficient (Wildman–Crippen LogP) is 3.59. The molecule has 0 spiro atoms. The van der Waals surface area contributed by atoms with Crippen molar-refractivity contribution in [3.63, 3.8) is 0 Å². The predicted molar refractivity (Wildman–Crippen MR) is 89.0 cm³/mol. The summed E-state index contributed by atoms with van der Waals surface area (Å²) in [5, 5.41) is 0. The molecule has 0 unspecified atom stereocenters. The van der Waals surface area contributed by atoms with E-state index >= 15 is 0 Å². The van der Waals surface area contributed by atoms with Gasteiger partial charge in [0.25, 0.3) is 0 Å². The van der Waals surface area contributed by atoms with Crippen LogP contribution in [0.3, 0.4) is 0 Å². The Hall–Kier alpha value is -2.29. The molecule has 0 fully saturated rings. The van der Waals surface area contributed by atoms with E-state index in [0.29, 0.717) is 13.0 Å². The van der Waals surface area contributed by atoms with Gasteiger partial charge in [-0.3, -0.25) is 4.79 Å². The van der Waals surface area contributed by atoms with Gasteiger partial charge >= 0.3 is 0 Å². The van der Waals surface area contributed by atoms with Gasteiger partial charge in [0.15, 0.2) is 0 Å². The Bertz CT molecular complexity index is 602. The molecule has 0 bridgehead atoms. The summed E-state index contributed by atoms with van der Waals surface area (Å²) >= 11 is 0. The molecule has 0 atom stereocenters. The summed E-state index contributed by atoms with van der Waals surface area (Å²) in [7, 11) is 3.50. The fourth-order valence-corrected chi connectivity index (χ4v) is 2.29. The van der Waals surface area contributed by atoms with E-state index in [4.69, 9.17) is 4.74 Å². The molecular formula is C19H23NO2. The maximum absolute atomic E-state index is 12.2. The van der Waals surface area contributed by atoms with Gasteiger partial charge in [-0.15, -0.1) is 0 Å². The van der Waals surface area contributed by atoms with Crippen LogP contribution in [0, 0.1) is 6.92 Å². The Labute approximate surface area is 132 Å². The molecule has 3 heteroatoms. The van der Waals surface area contributed by atoms with Crippen LogP contribution in [-0.4, -0.2) is 25.0 Å². The van der Waals surface area contributed by atoms with Crippen LogP contribution in [0.15, 0.2) is 48.5 Å². The van der Waals surface area contributed by atoms with Crippen molar-refractivity contribution in [3.8, 4) is 5.75 Å². The second-order valence-electron chi connectivity index (χ2n) is 5.58. The largest absolute Gasteiger partial charge is 0.497 e. The number of hydrogen-bond acceptors (Lipinski definition) is 2. The molecule has 0 aliphatic carbocycles. The van der Waals surface area contributed by atoms with Crippen molar-refractivity contribution in [2.75, 3.05) is 14.2 Å². The van der Waals surface area contributed by atoms with Crippen LogP contribution >= 0.6 is 0 Å². The van der Waals surface area contributed by atoms with Crippen LogP contribution in [0.25, 0.3) is 0 Å². The van der Waals surface area contributed by atoms with Gasteiger partial charge < -0.3 is 9.64 Å². The van der Waals surface area contributed by atoms with Gasteiger partial charge in [-0.2, -0.15) is 0 Å². The van der Waals surface area contributed by atoms with E-state index in [2.05, 4.69) is 31.2 Å². The van der Waals surface area contributed by atoms with E-state index in [-0.39, 0.29) is 5.91 Å². The molecule has 0 aromatic heterocycles. The fourth-order valence-electron chi connectivity index (χ4n) is 2.29. The van der Waals surface area contributed by atoms with E-state index in [1.807, 2.05) is 31.3 Å². The molecule has 0 saturated carbocycles. The first kappa shape index (κ1) is 16.1. The van der Waals surface area contributed by atoms with Crippen molar-refractivity contribution in [2.24, 2.45) is 0 Å². The Balaban J connectivity index is 1.84. The third-order valence-electron chi connectivity index (χ3n) is 3.75. The van der Waals surface area contributed by atoms with Crippen molar-refractivity contribution < 1.29 is 9.53 Å². The summed E-state index contributed by atoms with van der Waals surface area (Å²) in [6.45, 7) is 2.69. The fraction of sp³-hybridized carbons (Fsp3) is 0.316. The highest BCUT2D eigenvalue weighted by molar-refractivity contribution is 5.76. The average molecular weight is 297 g/mol. The maximum Gasteiger partial charge on any atom is 0.222 e. The monoisotopic (exact) mass is 297 g/mol. The second-order valence-corrected chi connectivity index (χ2v) is 5.58. The minimum Gasteiger partial charge on any atom is -0.497 e. The molecular weight excluding hydrogens is 274 g/mol. The molecule has 0 saturated heterocycles. The van der Waals surface area contributed by atoms with Gasteiger partial charge in [-0.25, -0.2) is 0 Å². The van der Waals surface area contributed by atoms with Gasteiger partial charge in [-0.05, 0) is 36.6 Å². The molecule has 0 radical (unpaired) electrons. The number of amides is 1. The Kier molecular flexibility index (Phi) is 5.59. The van der Waals surface area contributed by atoms with Crippen LogP contribution in [0.5, 0.6) is 5.75 Å². The molecule has 0 aliphatic heterocycles. The van der Waals surface area contributed by atoms with Crippen LogP contribution in [0.4, 0.5) is 0 Å². The number of carbonyl (C=O) groups excluding carboxylic acids is 1. The smallest absolute Gasteiger partial charge is 0.222 e. The lowest BCUT2D eigenvalue weighted by Gasteiger charge is -2.17. The minimum atomic E-state index is 0.163. The number of aryl methyl sites for hydroxylation is 2. The number of ether oxygens (including phenoxy) is 1. The van der Waals surface area contributed by atoms with E-state index in [1.54, 1.807) is 12.0 Å². The first-order chi connectivity index (χ1) is 10.6. The molecule has 0 heterocycles. The summed E-state index contributed by atoms with van der Waals surface area (Å²) in [5.41, 5.74) is 3.55. The topological polar surface area (TPSA) is 29.5 Å². The van der Waals surface area contributed by atoms with Gasteiger partial charge in [-0.1, -0.05) is 42.0 Å². The number of rotatable bonds is 6.